The average molecular weight is 439 g/mol. The van der Waals surface area contributed by atoms with E-state index >= 15 is 0 Å². The minimum absolute atomic E-state index is 0.0124. The number of hydrogen-bond donors (Lipinski definition) is 3. The molecular weight excluding hydrogens is 416 g/mol. The SMILES string of the molecule is C[C@H](c1c[nH]c(=O)c2cc(F)c(F)cc12)N(CCCO)C(=O)Cc1cc2ccccc2[nH]1. The summed E-state index contributed by atoms with van der Waals surface area (Å²) in [4.78, 5) is 32.8. The highest BCUT2D eigenvalue weighted by molar-refractivity contribution is 5.87. The second-order valence-corrected chi connectivity index (χ2v) is 7.78. The van der Waals surface area contributed by atoms with E-state index in [1.165, 1.54) is 6.20 Å². The van der Waals surface area contributed by atoms with Crippen molar-refractivity contribution in [3.8, 4) is 0 Å². The molecule has 0 saturated heterocycles. The number of fused-ring (bicyclic) bond motifs is 2. The van der Waals surface area contributed by atoms with Crippen molar-refractivity contribution >= 4 is 27.6 Å². The van der Waals surface area contributed by atoms with Gasteiger partial charge in [0.1, 0.15) is 0 Å². The van der Waals surface area contributed by atoms with Crippen molar-refractivity contribution in [2.75, 3.05) is 13.2 Å². The fraction of sp³-hybridized carbons (Fsp3) is 0.250. The minimum Gasteiger partial charge on any atom is -0.396 e. The van der Waals surface area contributed by atoms with Crippen LogP contribution in [-0.2, 0) is 11.2 Å². The van der Waals surface area contributed by atoms with Crippen LogP contribution in [0, 0.1) is 11.6 Å². The Labute approximate surface area is 182 Å². The molecule has 0 aliphatic heterocycles. The van der Waals surface area contributed by atoms with Gasteiger partial charge in [-0.15, -0.1) is 0 Å². The van der Waals surface area contributed by atoms with Crippen LogP contribution in [0.4, 0.5) is 8.78 Å². The summed E-state index contributed by atoms with van der Waals surface area (Å²) >= 11 is 0. The van der Waals surface area contributed by atoms with Crippen LogP contribution >= 0.6 is 0 Å². The number of aliphatic hydroxyl groups excluding tert-OH is 1. The van der Waals surface area contributed by atoms with E-state index in [-0.39, 0.29) is 36.3 Å². The number of carbonyl (C=O) groups excluding carboxylic acids is 1. The molecule has 0 unspecified atom stereocenters. The van der Waals surface area contributed by atoms with Gasteiger partial charge < -0.3 is 20.0 Å². The largest absolute Gasteiger partial charge is 0.396 e. The molecule has 0 radical (unpaired) electrons. The smallest absolute Gasteiger partial charge is 0.255 e. The van der Waals surface area contributed by atoms with Crippen molar-refractivity contribution < 1.29 is 18.7 Å². The van der Waals surface area contributed by atoms with E-state index in [0.717, 1.165) is 28.7 Å². The fourth-order valence-electron chi connectivity index (χ4n) is 4.05. The van der Waals surface area contributed by atoms with Crippen LogP contribution in [0.15, 0.2) is 53.5 Å². The Morgan fingerprint density at radius 1 is 1.12 bits per heavy atom. The van der Waals surface area contributed by atoms with E-state index in [1.54, 1.807) is 11.8 Å². The van der Waals surface area contributed by atoms with Crippen molar-refractivity contribution in [3.05, 3.63) is 81.9 Å². The van der Waals surface area contributed by atoms with Crippen LogP contribution in [0.1, 0.15) is 30.6 Å². The van der Waals surface area contributed by atoms with Gasteiger partial charge in [-0.25, -0.2) is 8.78 Å². The van der Waals surface area contributed by atoms with E-state index in [4.69, 9.17) is 0 Å². The van der Waals surface area contributed by atoms with Gasteiger partial charge in [-0.05, 0) is 53.9 Å². The average Bonchev–Trinajstić information content (AvgIpc) is 3.17. The summed E-state index contributed by atoms with van der Waals surface area (Å²) in [6, 6.07) is 10.9. The lowest BCUT2D eigenvalue weighted by molar-refractivity contribution is -0.132. The molecule has 166 valence electrons. The van der Waals surface area contributed by atoms with E-state index in [9.17, 15) is 23.5 Å². The summed E-state index contributed by atoms with van der Waals surface area (Å²) in [5.41, 5.74) is 1.62. The predicted octanol–water partition coefficient (Wildman–Crippen LogP) is 3.80. The third-order valence-corrected chi connectivity index (χ3v) is 5.70. The van der Waals surface area contributed by atoms with Gasteiger partial charge in [0.15, 0.2) is 11.6 Å². The number of benzene rings is 2. The lowest BCUT2D eigenvalue weighted by atomic mass is 10.0. The van der Waals surface area contributed by atoms with Crippen LogP contribution in [-0.4, -0.2) is 39.0 Å². The number of nitrogens with zero attached hydrogens (tertiary/aromatic N) is 1. The number of pyridine rings is 1. The molecule has 4 rings (SSSR count). The summed E-state index contributed by atoms with van der Waals surface area (Å²) in [6.45, 7) is 1.92. The molecule has 0 bridgehead atoms. The van der Waals surface area contributed by atoms with Crippen molar-refractivity contribution in [2.24, 2.45) is 0 Å². The summed E-state index contributed by atoms with van der Waals surface area (Å²) in [7, 11) is 0. The lowest BCUT2D eigenvalue weighted by Crippen LogP contribution is -2.36. The summed E-state index contributed by atoms with van der Waals surface area (Å²) < 4.78 is 27.7. The molecule has 2 aromatic carbocycles. The Morgan fingerprint density at radius 3 is 2.56 bits per heavy atom. The summed E-state index contributed by atoms with van der Waals surface area (Å²) in [6.07, 6.45) is 1.89. The fourth-order valence-corrected chi connectivity index (χ4v) is 4.05. The normalized spacial score (nSPS) is 12.4. The first-order valence-corrected chi connectivity index (χ1v) is 10.4. The number of rotatable bonds is 7. The second-order valence-electron chi connectivity index (χ2n) is 7.78. The predicted molar refractivity (Wildman–Crippen MR) is 118 cm³/mol. The number of amides is 1. The zero-order valence-corrected chi connectivity index (χ0v) is 17.5. The van der Waals surface area contributed by atoms with E-state index in [1.807, 2.05) is 30.3 Å². The molecule has 4 aromatic rings. The van der Waals surface area contributed by atoms with E-state index in [2.05, 4.69) is 9.97 Å². The Balaban J connectivity index is 1.69. The van der Waals surface area contributed by atoms with Crippen LogP contribution in [0.5, 0.6) is 0 Å². The monoisotopic (exact) mass is 439 g/mol. The highest BCUT2D eigenvalue weighted by atomic mass is 19.2. The number of halogens is 2. The molecule has 0 fully saturated rings. The van der Waals surface area contributed by atoms with Gasteiger partial charge in [-0.1, -0.05) is 18.2 Å². The quantitative estimate of drug-likeness (QED) is 0.409. The number of aromatic amines is 2. The maximum atomic E-state index is 14.0. The number of aromatic nitrogens is 2. The van der Waals surface area contributed by atoms with Gasteiger partial charge in [0.25, 0.3) is 5.56 Å². The molecular formula is C24H23F2N3O3. The third-order valence-electron chi connectivity index (χ3n) is 5.70. The van der Waals surface area contributed by atoms with Crippen LogP contribution in [0.2, 0.25) is 0 Å². The van der Waals surface area contributed by atoms with Gasteiger partial charge >= 0.3 is 0 Å². The highest BCUT2D eigenvalue weighted by Crippen LogP contribution is 2.28. The first-order valence-electron chi connectivity index (χ1n) is 10.4. The Hall–Kier alpha value is -3.52. The van der Waals surface area contributed by atoms with Crippen LogP contribution in [0.25, 0.3) is 21.7 Å². The number of carbonyl (C=O) groups is 1. The molecule has 1 atom stereocenters. The standard InChI is InChI=1S/C24H23F2N3O3/c1-14(19-13-27-24(32)18-12-21(26)20(25)11-17(18)19)29(7-4-8-30)23(31)10-16-9-15-5-2-3-6-22(15)28-16/h2-3,5-6,9,11-14,28,30H,4,7-8,10H2,1H3,(H,27,32)/t14-/m1/s1. The summed E-state index contributed by atoms with van der Waals surface area (Å²) in [5.74, 6) is -2.37. The van der Waals surface area contributed by atoms with Crippen LogP contribution < -0.4 is 5.56 Å². The maximum absolute atomic E-state index is 14.0. The summed E-state index contributed by atoms with van der Waals surface area (Å²) in [5, 5.41) is 10.6. The van der Waals surface area contributed by atoms with Gasteiger partial charge in [-0.3, -0.25) is 9.59 Å². The molecule has 3 N–H and O–H groups in total. The molecule has 1 amide bonds. The van der Waals surface area contributed by atoms with E-state index < -0.39 is 23.2 Å². The van der Waals surface area contributed by atoms with E-state index in [0.29, 0.717) is 12.0 Å². The zero-order chi connectivity index (χ0) is 22.8. The number of aliphatic hydroxyl groups is 1. The van der Waals surface area contributed by atoms with Crippen molar-refractivity contribution in [2.45, 2.75) is 25.8 Å². The molecule has 0 spiro atoms. The van der Waals surface area contributed by atoms with Crippen molar-refractivity contribution in [1.29, 1.82) is 0 Å². The highest BCUT2D eigenvalue weighted by Gasteiger charge is 2.24. The number of nitrogens with one attached hydrogen (secondary N) is 2. The molecule has 2 heterocycles. The number of para-hydroxylation sites is 1. The second kappa shape index (κ2) is 8.92. The molecule has 6 nitrogen and oxygen atoms in total. The Bertz CT molecular complexity index is 1310. The molecule has 0 aliphatic carbocycles. The number of H-pyrrole nitrogens is 2. The first kappa shape index (κ1) is 21.7. The van der Waals surface area contributed by atoms with Gasteiger partial charge in [0, 0.05) is 30.6 Å². The molecule has 0 aliphatic rings. The minimum atomic E-state index is -1.11. The topological polar surface area (TPSA) is 89.2 Å². The lowest BCUT2D eigenvalue weighted by Gasteiger charge is -2.30. The Kier molecular flexibility index (Phi) is 6.05. The zero-order valence-electron chi connectivity index (χ0n) is 17.5. The third kappa shape index (κ3) is 4.13. The first-order chi connectivity index (χ1) is 15.4. The Morgan fingerprint density at radius 2 is 1.84 bits per heavy atom. The number of hydrogen-bond acceptors (Lipinski definition) is 3. The maximum Gasteiger partial charge on any atom is 0.255 e. The van der Waals surface area contributed by atoms with Gasteiger partial charge in [-0.2, -0.15) is 0 Å². The van der Waals surface area contributed by atoms with Crippen molar-refractivity contribution in [1.82, 2.24) is 14.9 Å². The molecule has 0 saturated carbocycles. The van der Waals surface area contributed by atoms with Gasteiger partial charge in [0.05, 0.1) is 17.8 Å². The van der Waals surface area contributed by atoms with Crippen molar-refractivity contribution in [3.63, 3.8) is 0 Å². The molecule has 8 heteroatoms. The van der Waals surface area contributed by atoms with Gasteiger partial charge in [0.2, 0.25) is 5.91 Å². The molecule has 2 aromatic heterocycles. The molecule has 32 heavy (non-hydrogen) atoms. The van der Waals surface area contributed by atoms with Crippen LogP contribution in [0.3, 0.4) is 0 Å².